The largest absolute Gasteiger partial charge is 0.472 e. The molecule has 0 bridgehead atoms. The minimum atomic E-state index is -1.20. The second-order valence-corrected chi connectivity index (χ2v) is 2.21. The fraction of sp³-hybridized carbons (Fsp3) is 0. The van der Waals surface area contributed by atoms with E-state index < -0.39 is 5.97 Å². The summed E-state index contributed by atoms with van der Waals surface area (Å²) in [6.07, 6.45) is 0. The van der Waals surface area contributed by atoms with E-state index in [0.29, 0.717) is 11.1 Å². The molecule has 0 saturated carbocycles. The molecule has 0 aliphatic carbocycles. The van der Waals surface area contributed by atoms with Crippen LogP contribution in [-0.2, 0) is 4.79 Å². The quantitative estimate of drug-likeness (QED) is 0.592. The Morgan fingerprint density at radius 1 is 1.31 bits per heavy atom. The first kappa shape index (κ1) is 8.83. The van der Waals surface area contributed by atoms with E-state index in [1.54, 1.807) is 24.3 Å². The predicted molar refractivity (Wildman–Crippen MR) is 45.7 cm³/mol. The molecule has 1 N–H and O–H groups in total. The van der Waals surface area contributed by atoms with Crippen LogP contribution in [0.5, 0.6) is 0 Å². The van der Waals surface area contributed by atoms with Crippen LogP contribution in [0.4, 0.5) is 0 Å². The zero-order valence-corrected chi connectivity index (χ0v) is 6.61. The summed E-state index contributed by atoms with van der Waals surface area (Å²) in [4.78, 5) is 10.1. The summed E-state index contributed by atoms with van der Waals surface area (Å²) >= 11 is 0. The van der Waals surface area contributed by atoms with Gasteiger partial charge in [0, 0.05) is 11.5 Å². The molecule has 3 heteroatoms. The number of aliphatic carboxylic acids is 1. The molecule has 0 spiro atoms. The van der Waals surface area contributed by atoms with Crippen LogP contribution in [0, 0.1) is 23.2 Å². The van der Waals surface area contributed by atoms with E-state index in [4.69, 9.17) is 10.4 Å². The second kappa shape index (κ2) is 3.94. The third-order valence-corrected chi connectivity index (χ3v) is 1.35. The zero-order valence-electron chi connectivity index (χ0n) is 6.61. The Morgan fingerprint density at radius 3 is 2.46 bits per heavy atom. The number of hydrogen-bond acceptors (Lipinski definition) is 2. The van der Waals surface area contributed by atoms with Crippen LogP contribution >= 0.6 is 0 Å². The highest BCUT2D eigenvalue weighted by atomic mass is 16.4. The first-order valence-electron chi connectivity index (χ1n) is 3.48. The number of carboxylic acid groups (broad SMARTS) is 1. The maximum atomic E-state index is 10.1. The van der Waals surface area contributed by atoms with Crippen LogP contribution in [0.15, 0.2) is 24.3 Å². The normalized spacial score (nSPS) is 7.92. The van der Waals surface area contributed by atoms with Crippen molar-refractivity contribution in [2.24, 2.45) is 0 Å². The minimum absolute atomic E-state index is 0.385. The number of nitrogens with zero attached hydrogens (tertiary/aromatic N) is 1. The molecule has 0 aliphatic rings. The van der Waals surface area contributed by atoms with Gasteiger partial charge in [0.25, 0.3) is 0 Å². The van der Waals surface area contributed by atoms with Gasteiger partial charge in [-0.3, -0.25) is 0 Å². The molecule has 3 nitrogen and oxygen atoms in total. The SMILES string of the molecule is N#Cc1ccccc1C#CC(=O)O. The Morgan fingerprint density at radius 2 is 1.92 bits per heavy atom. The molecule has 13 heavy (non-hydrogen) atoms. The van der Waals surface area contributed by atoms with E-state index in [9.17, 15) is 4.79 Å². The van der Waals surface area contributed by atoms with Crippen molar-refractivity contribution in [3.05, 3.63) is 35.4 Å². The Bertz CT molecular complexity index is 432. The lowest BCUT2D eigenvalue weighted by Crippen LogP contribution is -1.88. The lowest BCUT2D eigenvalue weighted by Gasteiger charge is -1.91. The summed E-state index contributed by atoms with van der Waals surface area (Å²) in [5.41, 5.74) is 0.823. The number of nitriles is 1. The molecular formula is C10H5NO2. The number of carboxylic acids is 1. The van der Waals surface area contributed by atoms with E-state index in [2.05, 4.69) is 5.92 Å². The van der Waals surface area contributed by atoms with Gasteiger partial charge in [0.1, 0.15) is 6.07 Å². The zero-order chi connectivity index (χ0) is 9.68. The first-order chi connectivity index (χ1) is 6.24. The molecule has 1 rings (SSSR count). The fourth-order valence-electron chi connectivity index (χ4n) is 0.810. The number of benzene rings is 1. The van der Waals surface area contributed by atoms with Crippen LogP contribution in [0.25, 0.3) is 0 Å². The molecule has 0 aromatic heterocycles. The Hall–Kier alpha value is -2.26. The molecule has 62 valence electrons. The fourth-order valence-corrected chi connectivity index (χ4v) is 0.810. The maximum Gasteiger partial charge on any atom is 0.382 e. The molecule has 0 amide bonds. The van der Waals surface area contributed by atoms with Crippen LogP contribution in [0.3, 0.4) is 0 Å². The van der Waals surface area contributed by atoms with Crippen LogP contribution in [-0.4, -0.2) is 11.1 Å². The van der Waals surface area contributed by atoms with E-state index >= 15 is 0 Å². The van der Waals surface area contributed by atoms with Crippen molar-refractivity contribution in [3.63, 3.8) is 0 Å². The molecule has 0 atom stereocenters. The average Bonchev–Trinajstić information content (AvgIpc) is 2.15. The summed E-state index contributed by atoms with van der Waals surface area (Å²) in [5, 5.41) is 16.9. The molecule has 0 unspecified atom stereocenters. The highest BCUT2D eigenvalue weighted by molar-refractivity contribution is 5.87. The molecule has 1 aromatic carbocycles. The van der Waals surface area contributed by atoms with E-state index in [0.717, 1.165) is 0 Å². The second-order valence-electron chi connectivity index (χ2n) is 2.21. The van der Waals surface area contributed by atoms with E-state index in [-0.39, 0.29) is 0 Å². The van der Waals surface area contributed by atoms with Gasteiger partial charge in [0.05, 0.1) is 5.56 Å². The minimum Gasteiger partial charge on any atom is -0.472 e. The Labute approximate surface area is 75.2 Å². The lowest BCUT2D eigenvalue weighted by atomic mass is 10.1. The smallest absolute Gasteiger partial charge is 0.382 e. The van der Waals surface area contributed by atoms with Crippen LogP contribution in [0.2, 0.25) is 0 Å². The van der Waals surface area contributed by atoms with Crippen LogP contribution in [0.1, 0.15) is 11.1 Å². The Balaban J connectivity index is 3.11. The van der Waals surface area contributed by atoms with Gasteiger partial charge in [-0.05, 0) is 12.1 Å². The van der Waals surface area contributed by atoms with Gasteiger partial charge in [-0.15, -0.1) is 0 Å². The number of hydrogen-bond donors (Lipinski definition) is 1. The van der Waals surface area contributed by atoms with Gasteiger partial charge in [0.2, 0.25) is 0 Å². The van der Waals surface area contributed by atoms with Crippen molar-refractivity contribution in [3.8, 4) is 17.9 Å². The van der Waals surface area contributed by atoms with Crippen LogP contribution < -0.4 is 0 Å². The maximum absolute atomic E-state index is 10.1. The van der Waals surface area contributed by atoms with Crippen molar-refractivity contribution >= 4 is 5.97 Å². The van der Waals surface area contributed by atoms with Crippen molar-refractivity contribution in [2.75, 3.05) is 0 Å². The predicted octanol–water partition coefficient (Wildman–Crippen LogP) is 0.994. The molecule has 0 aliphatic heterocycles. The number of carbonyl (C=O) groups is 1. The lowest BCUT2D eigenvalue weighted by molar-refractivity contribution is -0.130. The standard InChI is InChI=1S/C10H5NO2/c11-7-9-4-2-1-3-8(9)5-6-10(12)13/h1-4H,(H,12,13). The Kier molecular flexibility index (Phi) is 2.68. The molecule has 0 fully saturated rings. The van der Waals surface area contributed by atoms with Gasteiger partial charge in [-0.2, -0.15) is 5.26 Å². The van der Waals surface area contributed by atoms with Gasteiger partial charge >= 0.3 is 5.97 Å². The molecule has 0 radical (unpaired) electrons. The van der Waals surface area contributed by atoms with E-state index in [1.165, 1.54) is 0 Å². The van der Waals surface area contributed by atoms with Crippen molar-refractivity contribution in [1.29, 1.82) is 5.26 Å². The average molecular weight is 171 g/mol. The summed E-state index contributed by atoms with van der Waals surface area (Å²) in [6.45, 7) is 0. The van der Waals surface area contributed by atoms with Crippen molar-refractivity contribution < 1.29 is 9.90 Å². The highest BCUT2D eigenvalue weighted by Gasteiger charge is 1.95. The third kappa shape index (κ3) is 2.36. The molecule has 0 saturated heterocycles. The molecule has 1 aromatic rings. The topological polar surface area (TPSA) is 61.1 Å². The molecular weight excluding hydrogens is 166 g/mol. The molecule has 0 heterocycles. The van der Waals surface area contributed by atoms with Gasteiger partial charge in [0.15, 0.2) is 0 Å². The van der Waals surface area contributed by atoms with Crippen molar-refractivity contribution in [1.82, 2.24) is 0 Å². The third-order valence-electron chi connectivity index (χ3n) is 1.35. The summed E-state index contributed by atoms with van der Waals surface area (Å²) < 4.78 is 0. The summed E-state index contributed by atoms with van der Waals surface area (Å²) in [6, 6.07) is 8.52. The summed E-state index contributed by atoms with van der Waals surface area (Å²) in [5.74, 6) is 3.14. The monoisotopic (exact) mass is 171 g/mol. The highest BCUT2D eigenvalue weighted by Crippen LogP contribution is 2.04. The first-order valence-corrected chi connectivity index (χ1v) is 3.48. The number of rotatable bonds is 0. The van der Waals surface area contributed by atoms with Gasteiger partial charge < -0.3 is 5.11 Å². The van der Waals surface area contributed by atoms with E-state index in [1.807, 2.05) is 12.0 Å². The van der Waals surface area contributed by atoms with Gasteiger partial charge in [-0.25, -0.2) is 4.79 Å². The summed E-state index contributed by atoms with van der Waals surface area (Å²) in [7, 11) is 0. The van der Waals surface area contributed by atoms with Gasteiger partial charge in [-0.1, -0.05) is 18.1 Å². The van der Waals surface area contributed by atoms with Crippen molar-refractivity contribution in [2.45, 2.75) is 0 Å².